The molecule has 2 aromatic rings. The lowest BCUT2D eigenvalue weighted by Crippen LogP contribution is -2.42. The number of esters is 2. The van der Waals surface area contributed by atoms with Gasteiger partial charge in [0.2, 0.25) is 5.69 Å². The van der Waals surface area contributed by atoms with Gasteiger partial charge in [0.15, 0.2) is 11.7 Å². The van der Waals surface area contributed by atoms with Crippen LogP contribution in [0.4, 0.5) is 0 Å². The number of hydrogen-bond acceptors (Lipinski definition) is 4. The van der Waals surface area contributed by atoms with Crippen molar-refractivity contribution in [1.82, 2.24) is 4.98 Å². The summed E-state index contributed by atoms with van der Waals surface area (Å²) in [5.41, 5.74) is 7.43. The van der Waals surface area contributed by atoms with Crippen molar-refractivity contribution in [3.8, 4) is 0 Å². The number of rotatable bonds is 7. The minimum absolute atomic E-state index is 0.176. The maximum atomic E-state index is 12.4. The maximum absolute atomic E-state index is 12.4. The van der Waals surface area contributed by atoms with Crippen LogP contribution in [-0.4, -0.2) is 30.6 Å². The number of H-pyrrole nitrogens is 1. The van der Waals surface area contributed by atoms with E-state index in [1.54, 1.807) is 0 Å². The molecule has 0 saturated carbocycles. The normalized spacial score (nSPS) is 15.7. The standard InChI is InChI=1S/C23H30N2O4/c1-7-29-23(27)22-15(4)21-17(24-22)12-19-14(3)13(2)16(5)25(19)18(21)10-8-9-11-20(26)28-6/h12,16H,7-11H2,1-6H3/p+1. The first kappa shape index (κ1) is 21.1. The lowest BCUT2D eigenvalue weighted by molar-refractivity contribution is -0.713. The van der Waals surface area contributed by atoms with Crippen LogP contribution in [0.3, 0.4) is 0 Å². The molecule has 1 N–H and O–H groups in total. The van der Waals surface area contributed by atoms with Gasteiger partial charge in [-0.25, -0.2) is 4.79 Å². The quantitative estimate of drug-likeness (QED) is 0.430. The molecule has 0 bridgehead atoms. The number of aromatic nitrogens is 2. The first-order valence-corrected chi connectivity index (χ1v) is 10.3. The second-order valence-corrected chi connectivity index (χ2v) is 7.75. The van der Waals surface area contributed by atoms with Crippen LogP contribution in [-0.2, 0) is 20.7 Å². The van der Waals surface area contributed by atoms with Crippen molar-refractivity contribution in [1.29, 1.82) is 0 Å². The fourth-order valence-electron chi connectivity index (χ4n) is 4.33. The molecule has 1 unspecified atom stereocenters. The number of carbonyl (C=O) groups is 2. The van der Waals surface area contributed by atoms with E-state index >= 15 is 0 Å². The first-order chi connectivity index (χ1) is 13.8. The molecule has 6 heteroatoms. The molecular formula is C23H31N2O4+. The number of ether oxygens (including phenoxy) is 2. The topological polar surface area (TPSA) is 72.3 Å². The second-order valence-electron chi connectivity index (χ2n) is 7.75. The molecular weight excluding hydrogens is 368 g/mol. The van der Waals surface area contributed by atoms with Crippen LogP contribution < -0.4 is 4.57 Å². The molecule has 0 amide bonds. The Morgan fingerprint density at radius 2 is 1.93 bits per heavy atom. The van der Waals surface area contributed by atoms with Gasteiger partial charge in [-0.2, -0.15) is 4.57 Å². The molecule has 0 spiro atoms. The molecule has 3 rings (SSSR count). The zero-order valence-electron chi connectivity index (χ0n) is 18.3. The number of aromatic amines is 1. The monoisotopic (exact) mass is 399 g/mol. The van der Waals surface area contributed by atoms with E-state index in [1.165, 1.54) is 29.6 Å². The summed E-state index contributed by atoms with van der Waals surface area (Å²) in [6.45, 7) is 10.7. The zero-order valence-corrected chi connectivity index (χ0v) is 18.3. The minimum atomic E-state index is -0.320. The fraction of sp³-hybridized carbons (Fsp3) is 0.522. The van der Waals surface area contributed by atoms with E-state index in [0.29, 0.717) is 18.7 Å². The summed E-state index contributed by atoms with van der Waals surface area (Å²) >= 11 is 0. The summed E-state index contributed by atoms with van der Waals surface area (Å²) in [6, 6.07) is 2.41. The smallest absolute Gasteiger partial charge is 0.355 e. The molecule has 1 aliphatic heterocycles. The van der Waals surface area contributed by atoms with Gasteiger partial charge >= 0.3 is 11.9 Å². The molecule has 0 aliphatic carbocycles. The number of allylic oxidation sites excluding steroid dienone is 2. The van der Waals surface area contributed by atoms with Crippen LogP contribution in [0, 0.1) is 6.92 Å². The number of hydrogen-bond donors (Lipinski definition) is 1. The molecule has 1 atom stereocenters. The Kier molecular flexibility index (Phi) is 6.10. The first-order valence-electron chi connectivity index (χ1n) is 10.3. The third-order valence-corrected chi connectivity index (χ3v) is 6.14. The van der Waals surface area contributed by atoms with Crippen molar-refractivity contribution >= 4 is 28.4 Å². The average molecular weight is 400 g/mol. The number of fused-ring (bicyclic) bond motifs is 2. The average Bonchev–Trinajstić information content (AvgIpc) is 3.14. The van der Waals surface area contributed by atoms with Crippen molar-refractivity contribution < 1.29 is 23.6 Å². The summed E-state index contributed by atoms with van der Waals surface area (Å²) in [7, 11) is 1.42. The Bertz CT molecular complexity index is 1000. The van der Waals surface area contributed by atoms with Crippen LogP contribution in [0.15, 0.2) is 11.6 Å². The van der Waals surface area contributed by atoms with Crippen LogP contribution >= 0.6 is 0 Å². The van der Waals surface area contributed by atoms with Gasteiger partial charge in [-0.15, -0.1) is 0 Å². The van der Waals surface area contributed by atoms with E-state index in [1.807, 2.05) is 13.8 Å². The molecule has 0 aromatic carbocycles. The summed E-state index contributed by atoms with van der Waals surface area (Å²) in [5, 5.41) is 1.09. The highest BCUT2D eigenvalue weighted by Crippen LogP contribution is 2.35. The third kappa shape index (κ3) is 3.68. The molecule has 6 nitrogen and oxygen atoms in total. The Labute approximate surface area is 171 Å². The number of carbonyl (C=O) groups excluding carboxylic acids is 2. The molecule has 29 heavy (non-hydrogen) atoms. The molecule has 0 radical (unpaired) electrons. The van der Waals surface area contributed by atoms with E-state index in [4.69, 9.17) is 9.47 Å². The SMILES string of the molecule is CCOC(=O)c1[nH]c2cc3[n+](c(CCCCC(=O)OC)c2c1C)C(C)C(C)=C3C. The van der Waals surface area contributed by atoms with Gasteiger partial charge in [-0.1, -0.05) is 0 Å². The molecule has 156 valence electrons. The van der Waals surface area contributed by atoms with Crippen molar-refractivity contribution in [2.24, 2.45) is 0 Å². The molecule has 2 aromatic heterocycles. The van der Waals surface area contributed by atoms with Crippen molar-refractivity contribution in [2.75, 3.05) is 13.7 Å². The summed E-state index contributed by atoms with van der Waals surface area (Å²) in [6.07, 6.45) is 2.89. The fourth-order valence-corrected chi connectivity index (χ4v) is 4.33. The molecule has 3 heterocycles. The van der Waals surface area contributed by atoms with Crippen molar-refractivity contribution in [3.63, 3.8) is 0 Å². The van der Waals surface area contributed by atoms with E-state index in [-0.39, 0.29) is 18.0 Å². The number of nitrogens with one attached hydrogen (secondary N) is 1. The van der Waals surface area contributed by atoms with Gasteiger partial charge in [0.05, 0.1) is 24.6 Å². The Hall–Kier alpha value is -2.63. The van der Waals surface area contributed by atoms with Gasteiger partial charge in [0.25, 0.3) is 0 Å². The van der Waals surface area contributed by atoms with E-state index < -0.39 is 0 Å². The molecule has 1 aliphatic rings. The summed E-state index contributed by atoms with van der Waals surface area (Å²) in [5.74, 6) is -0.496. The van der Waals surface area contributed by atoms with E-state index in [2.05, 4.69) is 36.4 Å². The molecule has 0 saturated heterocycles. The lowest BCUT2D eigenvalue weighted by atomic mass is 10.0. The Balaban J connectivity index is 2.08. The number of methoxy groups -OCH3 is 1. The van der Waals surface area contributed by atoms with Crippen molar-refractivity contribution in [3.05, 3.63) is 34.3 Å². The number of pyridine rings is 1. The van der Waals surface area contributed by atoms with Crippen LogP contribution in [0.1, 0.15) is 80.4 Å². The Morgan fingerprint density at radius 1 is 1.21 bits per heavy atom. The highest BCUT2D eigenvalue weighted by molar-refractivity contribution is 5.99. The van der Waals surface area contributed by atoms with Gasteiger partial charge in [0, 0.05) is 37.0 Å². The molecule has 0 fully saturated rings. The Morgan fingerprint density at radius 3 is 2.59 bits per heavy atom. The van der Waals surface area contributed by atoms with Crippen LogP contribution in [0.25, 0.3) is 16.5 Å². The predicted octanol–water partition coefficient (Wildman–Crippen LogP) is 4.19. The lowest BCUT2D eigenvalue weighted by Gasteiger charge is -2.10. The summed E-state index contributed by atoms with van der Waals surface area (Å²) < 4.78 is 12.4. The second kappa shape index (κ2) is 8.39. The highest BCUT2D eigenvalue weighted by atomic mass is 16.5. The van der Waals surface area contributed by atoms with Gasteiger partial charge in [-0.3, -0.25) is 4.79 Å². The number of nitrogens with zero attached hydrogens (tertiary/aromatic N) is 1. The van der Waals surface area contributed by atoms with E-state index in [0.717, 1.165) is 35.7 Å². The predicted molar refractivity (Wildman–Crippen MR) is 112 cm³/mol. The zero-order chi connectivity index (χ0) is 21.3. The van der Waals surface area contributed by atoms with Gasteiger partial charge in [-0.05, 0) is 46.1 Å². The summed E-state index contributed by atoms with van der Waals surface area (Å²) in [4.78, 5) is 27.2. The minimum Gasteiger partial charge on any atom is -0.469 e. The van der Waals surface area contributed by atoms with Crippen LogP contribution in [0.2, 0.25) is 0 Å². The number of aryl methyl sites for hydroxylation is 2. The highest BCUT2D eigenvalue weighted by Gasteiger charge is 2.36. The van der Waals surface area contributed by atoms with E-state index in [9.17, 15) is 9.59 Å². The van der Waals surface area contributed by atoms with Crippen LogP contribution in [0.5, 0.6) is 0 Å². The van der Waals surface area contributed by atoms with Gasteiger partial charge < -0.3 is 14.5 Å². The maximum Gasteiger partial charge on any atom is 0.355 e. The number of unbranched alkanes of at least 4 members (excludes halogenated alkanes) is 1. The van der Waals surface area contributed by atoms with Gasteiger partial charge in [0.1, 0.15) is 5.69 Å². The third-order valence-electron chi connectivity index (χ3n) is 6.14. The largest absolute Gasteiger partial charge is 0.469 e. The van der Waals surface area contributed by atoms with Crippen molar-refractivity contribution in [2.45, 2.75) is 66.3 Å².